The zero-order valence-corrected chi connectivity index (χ0v) is 14.9. The van der Waals surface area contributed by atoms with Crippen LogP contribution in [0.3, 0.4) is 0 Å². The number of hydrogen-bond donors (Lipinski definition) is 0. The van der Waals surface area contributed by atoms with E-state index in [-0.39, 0.29) is 29.6 Å². The van der Waals surface area contributed by atoms with Crippen LogP contribution in [0.15, 0.2) is 0 Å². The predicted molar refractivity (Wildman–Crippen MR) is 90.0 cm³/mol. The highest BCUT2D eigenvalue weighted by Crippen LogP contribution is 2.33. The molecule has 6 nitrogen and oxygen atoms in total. The highest BCUT2D eigenvalue weighted by molar-refractivity contribution is 6.05. The van der Waals surface area contributed by atoms with Crippen LogP contribution in [0.25, 0.3) is 0 Å². The molecule has 0 aromatic rings. The summed E-state index contributed by atoms with van der Waals surface area (Å²) >= 11 is 0. The molecule has 3 aliphatic rings. The highest BCUT2D eigenvalue weighted by Gasteiger charge is 2.51. The second-order valence-electron chi connectivity index (χ2n) is 7.82. The molecular weight excluding hydrogens is 306 g/mol. The van der Waals surface area contributed by atoms with Crippen molar-refractivity contribution in [1.29, 1.82) is 0 Å². The first kappa shape index (κ1) is 17.4. The smallest absolute Gasteiger partial charge is 0.234 e. The van der Waals surface area contributed by atoms with Gasteiger partial charge in [-0.15, -0.1) is 0 Å². The lowest BCUT2D eigenvalue weighted by atomic mass is 10.00. The molecule has 3 fully saturated rings. The third-order valence-electron chi connectivity index (χ3n) is 5.57. The number of carbonyl (C=O) groups is 3. The van der Waals surface area contributed by atoms with Crippen molar-refractivity contribution >= 4 is 17.7 Å². The lowest BCUT2D eigenvalue weighted by Crippen LogP contribution is -2.38. The maximum atomic E-state index is 12.6. The van der Waals surface area contributed by atoms with Crippen LogP contribution in [0.5, 0.6) is 0 Å². The molecule has 3 saturated heterocycles. The molecule has 0 spiro atoms. The van der Waals surface area contributed by atoms with Gasteiger partial charge in [-0.25, -0.2) is 0 Å². The molecule has 6 heteroatoms. The van der Waals surface area contributed by atoms with Crippen molar-refractivity contribution in [3.63, 3.8) is 0 Å². The lowest BCUT2D eigenvalue weighted by Gasteiger charge is -2.22. The Bertz CT molecular complexity index is 496. The molecule has 0 aromatic carbocycles. The Kier molecular flexibility index (Phi) is 5.23. The van der Waals surface area contributed by atoms with Gasteiger partial charge in [-0.05, 0) is 31.7 Å². The van der Waals surface area contributed by atoms with Gasteiger partial charge in [0.2, 0.25) is 17.7 Å². The van der Waals surface area contributed by atoms with Crippen LogP contribution in [-0.4, -0.2) is 71.7 Å². The van der Waals surface area contributed by atoms with E-state index in [1.165, 1.54) is 4.90 Å². The monoisotopic (exact) mass is 335 g/mol. The molecule has 3 rings (SSSR count). The fourth-order valence-electron chi connectivity index (χ4n) is 4.10. The van der Waals surface area contributed by atoms with Gasteiger partial charge in [0.25, 0.3) is 0 Å². The minimum Gasteiger partial charge on any atom is -0.343 e. The van der Waals surface area contributed by atoms with Crippen molar-refractivity contribution in [2.75, 3.05) is 39.3 Å². The van der Waals surface area contributed by atoms with Crippen LogP contribution in [-0.2, 0) is 14.4 Å². The van der Waals surface area contributed by atoms with Crippen LogP contribution in [0.2, 0.25) is 0 Å². The van der Waals surface area contributed by atoms with E-state index in [4.69, 9.17) is 0 Å². The predicted octanol–water partition coefficient (Wildman–Crippen LogP) is 0.962. The number of nitrogens with zero attached hydrogens (tertiary/aromatic N) is 3. The molecule has 0 radical (unpaired) electrons. The van der Waals surface area contributed by atoms with Crippen molar-refractivity contribution in [2.45, 2.75) is 39.5 Å². The molecule has 0 aliphatic carbocycles. The SMILES string of the molecule is CC(C)CCN1C[C@@H]2C(=O)N(CCCN3CCCC3=O)C(=O)[C@@H]2C1. The third kappa shape index (κ3) is 3.48. The minimum atomic E-state index is -0.141. The average molecular weight is 335 g/mol. The maximum absolute atomic E-state index is 12.6. The first-order valence-electron chi connectivity index (χ1n) is 9.32. The topological polar surface area (TPSA) is 60.9 Å². The summed E-state index contributed by atoms with van der Waals surface area (Å²) in [4.78, 5) is 42.3. The molecule has 2 atom stereocenters. The zero-order chi connectivity index (χ0) is 17.3. The van der Waals surface area contributed by atoms with Gasteiger partial charge in [-0.1, -0.05) is 13.8 Å². The van der Waals surface area contributed by atoms with E-state index in [9.17, 15) is 14.4 Å². The molecule has 0 bridgehead atoms. The quantitative estimate of drug-likeness (QED) is 0.650. The number of rotatable bonds is 7. The normalized spacial score (nSPS) is 27.9. The average Bonchev–Trinajstić information content (AvgIpc) is 3.19. The summed E-state index contributed by atoms with van der Waals surface area (Å²) in [5, 5.41) is 0. The summed E-state index contributed by atoms with van der Waals surface area (Å²) in [6.07, 6.45) is 3.36. The Labute approximate surface area is 144 Å². The van der Waals surface area contributed by atoms with Crippen LogP contribution in [0.4, 0.5) is 0 Å². The summed E-state index contributed by atoms with van der Waals surface area (Å²) in [5.74, 6) is 0.569. The molecule has 0 N–H and O–H groups in total. The van der Waals surface area contributed by atoms with E-state index >= 15 is 0 Å². The van der Waals surface area contributed by atoms with Crippen molar-refractivity contribution in [2.24, 2.45) is 17.8 Å². The van der Waals surface area contributed by atoms with E-state index in [1.807, 2.05) is 4.90 Å². The molecule has 3 aliphatic heterocycles. The molecule has 3 heterocycles. The van der Waals surface area contributed by atoms with Crippen molar-refractivity contribution in [1.82, 2.24) is 14.7 Å². The molecule has 0 saturated carbocycles. The Hall–Kier alpha value is -1.43. The minimum absolute atomic E-state index is 0.00444. The highest BCUT2D eigenvalue weighted by atomic mass is 16.2. The number of likely N-dealkylation sites (tertiary alicyclic amines) is 3. The molecule has 24 heavy (non-hydrogen) atoms. The Morgan fingerprint density at radius 1 is 1.00 bits per heavy atom. The third-order valence-corrected chi connectivity index (χ3v) is 5.57. The van der Waals surface area contributed by atoms with Crippen LogP contribution in [0.1, 0.15) is 39.5 Å². The summed E-state index contributed by atoms with van der Waals surface area (Å²) in [7, 11) is 0. The number of carbonyl (C=O) groups excluding carboxylic acids is 3. The van der Waals surface area contributed by atoms with Gasteiger partial charge in [0.1, 0.15) is 0 Å². The first-order chi connectivity index (χ1) is 11.5. The fraction of sp³-hybridized carbons (Fsp3) is 0.833. The van der Waals surface area contributed by atoms with E-state index in [1.54, 1.807) is 0 Å². The van der Waals surface area contributed by atoms with Gasteiger partial charge in [-0.3, -0.25) is 19.3 Å². The van der Waals surface area contributed by atoms with E-state index in [2.05, 4.69) is 18.7 Å². The Morgan fingerprint density at radius 2 is 1.67 bits per heavy atom. The van der Waals surface area contributed by atoms with E-state index < -0.39 is 0 Å². The van der Waals surface area contributed by atoms with Crippen molar-refractivity contribution < 1.29 is 14.4 Å². The standard InChI is InChI=1S/C18H29N3O3/c1-13(2)6-10-19-11-14-15(12-19)18(24)21(17(14)23)9-4-8-20-7-3-5-16(20)22/h13-15H,3-12H2,1-2H3/t14-,15+. The summed E-state index contributed by atoms with van der Waals surface area (Å²) in [6.45, 7) is 8.75. The molecular formula is C18H29N3O3. The second-order valence-corrected chi connectivity index (χ2v) is 7.82. The second kappa shape index (κ2) is 7.21. The van der Waals surface area contributed by atoms with Gasteiger partial charge in [0.05, 0.1) is 11.8 Å². The van der Waals surface area contributed by atoms with Gasteiger partial charge < -0.3 is 9.80 Å². The Morgan fingerprint density at radius 3 is 2.21 bits per heavy atom. The Balaban J connectivity index is 1.47. The maximum Gasteiger partial charge on any atom is 0.234 e. The number of imide groups is 1. The molecule has 3 amide bonds. The summed E-state index contributed by atoms with van der Waals surface area (Å²) in [6, 6.07) is 0. The number of amides is 3. The summed E-state index contributed by atoms with van der Waals surface area (Å²) in [5.41, 5.74) is 0. The fourth-order valence-corrected chi connectivity index (χ4v) is 4.10. The first-order valence-corrected chi connectivity index (χ1v) is 9.32. The van der Waals surface area contributed by atoms with Crippen LogP contribution >= 0.6 is 0 Å². The summed E-state index contributed by atoms with van der Waals surface area (Å²) < 4.78 is 0. The molecule has 134 valence electrons. The molecule has 0 aromatic heterocycles. The largest absolute Gasteiger partial charge is 0.343 e. The zero-order valence-electron chi connectivity index (χ0n) is 14.9. The van der Waals surface area contributed by atoms with E-state index in [0.29, 0.717) is 31.8 Å². The van der Waals surface area contributed by atoms with Crippen LogP contribution < -0.4 is 0 Å². The van der Waals surface area contributed by atoms with Gasteiger partial charge in [0.15, 0.2) is 0 Å². The lowest BCUT2D eigenvalue weighted by molar-refractivity contribution is -0.140. The number of fused-ring (bicyclic) bond motifs is 1. The van der Waals surface area contributed by atoms with Crippen molar-refractivity contribution in [3.05, 3.63) is 0 Å². The van der Waals surface area contributed by atoms with Crippen molar-refractivity contribution in [3.8, 4) is 0 Å². The van der Waals surface area contributed by atoms with E-state index in [0.717, 1.165) is 39.0 Å². The van der Waals surface area contributed by atoms with Gasteiger partial charge in [-0.2, -0.15) is 0 Å². The van der Waals surface area contributed by atoms with Gasteiger partial charge in [0, 0.05) is 39.1 Å². The van der Waals surface area contributed by atoms with Gasteiger partial charge >= 0.3 is 0 Å². The molecule has 0 unspecified atom stereocenters. The number of hydrogen-bond acceptors (Lipinski definition) is 4. The van der Waals surface area contributed by atoms with Crippen LogP contribution in [0, 0.1) is 17.8 Å².